The van der Waals surface area contributed by atoms with Crippen LogP contribution in [0.15, 0.2) is 28.6 Å². The van der Waals surface area contributed by atoms with E-state index in [2.05, 4.69) is 34.5 Å². The fourth-order valence-electron chi connectivity index (χ4n) is 1.92. The van der Waals surface area contributed by atoms with E-state index in [1.54, 1.807) is 25.6 Å². The Morgan fingerprint density at radius 2 is 2.00 bits per heavy atom. The number of benzene rings is 1. The molecule has 0 amide bonds. The number of rotatable bonds is 6. The van der Waals surface area contributed by atoms with Gasteiger partial charge < -0.3 is 20.5 Å². The van der Waals surface area contributed by atoms with Crippen LogP contribution in [0.1, 0.15) is 30.5 Å². The SMILES string of the molecule is COc1ccc(NC(N)=NCc2nc(C(C)C)cs2)cc1OC.I. The van der Waals surface area contributed by atoms with E-state index in [1.165, 1.54) is 0 Å². The van der Waals surface area contributed by atoms with Crippen LogP contribution in [0.4, 0.5) is 5.69 Å². The van der Waals surface area contributed by atoms with Crippen LogP contribution >= 0.6 is 35.3 Å². The minimum atomic E-state index is 0. The van der Waals surface area contributed by atoms with Gasteiger partial charge in [-0.2, -0.15) is 0 Å². The second-order valence-electron chi connectivity index (χ2n) is 5.22. The van der Waals surface area contributed by atoms with Crippen molar-refractivity contribution in [1.29, 1.82) is 0 Å². The molecule has 132 valence electrons. The van der Waals surface area contributed by atoms with E-state index in [-0.39, 0.29) is 24.0 Å². The van der Waals surface area contributed by atoms with Crippen LogP contribution in [-0.4, -0.2) is 25.2 Å². The van der Waals surface area contributed by atoms with Gasteiger partial charge in [-0.15, -0.1) is 35.3 Å². The minimum absolute atomic E-state index is 0. The summed E-state index contributed by atoms with van der Waals surface area (Å²) in [5.41, 5.74) is 7.80. The molecule has 1 aromatic carbocycles. The molecule has 0 unspecified atom stereocenters. The van der Waals surface area contributed by atoms with E-state index >= 15 is 0 Å². The second-order valence-corrected chi connectivity index (χ2v) is 6.16. The summed E-state index contributed by atoms with van der Waals surface area (Å²) in [5, 5.41) is 6.05. The fourth-order valence-corrected chi connectivity index (χ4v) is 2.80. The fraction of sp³-hybridized carbons (Fsp3) is 0.375. The first kappa shape index (κ1) is 20.5. The monoisotopic (exact) mass is 462 g/mol. The number of hydrogen-bond acceptors (Lipinski definition) is 5. The van der Waals surface area contributed by atoms with Crippen LogP contribution in [0.25, 0.3) is 0 Å². The maximum atomic E-state index is 5.93. The highest BCUT2D eigenvalue weighted by atomic mass is 127. The highest BCUT2D eigenvalue weighted by molar-refractivity contribution is 14.0. The van der Waals surface area contributed by atoms with E-state index in [1.807, 2.05) is 18.2 Å². The third-order valence-electron chi connectivity index (χ3n) is 3.20. The molecule has 0 atom stereocenters. The Hall–Kier alpha value is -1.55. The number of aliphatic imine (C=N–C) groups is 1. The lowest BCUT2D eigenvalue weighted by Gasteiger charge is -2.10. The number of nitrogens with zero attached hydrogens (tertiary/aromatic N) is 2. The first-order valence-corrected chi connectivity index (χ1v) is 8.14. The van der Waals surface area contributed by atoms with Crippen molar-refractivity contribution in [1.82, 2.24) is 4.98 Å². The van der Waals surface area contributed by atoms with E-state index < -0.39 is 0 Å². The zero-order valence-corrected chi connectivity index (χ0v) is 17.3. The molecule has 0 fully saturated rings. The summed E-state index contributed by atoms with van der Waals surface area (Å²) >= 11 is 1.60. The smallest absolute Gasteiger partial charge is 0.193 e. The molecule has 2 rings (SSSR count). The van der Waals surface area contributed by atoms with Crippen LogP contribution < -0.4 is 20.5 Å². The second kappa shape index (κ2) is 9.67. The predicted molar refractivity (Wildman–Crippen MR) is 110 cm³/mol. The molecule has 0 spiro atoms. The van der Waals surface area contributed by atoms with Gasteiger partial charge in [0, 0.05) is 17.1 Å². The Morgan fingerprint density at radius 3 is 2.58 bits per heavy atom. The first-order chi connectivity index (χ1) is 11.0. The summed E-state index contributed by atoms with van der Waals surface area (Å²) < 4.78 is 10.5. The van der Waals surface area contributed by atoms with Gasteiger partial charge >= 0.3 is 0 Å². The topological polar surface area (TPSA) is 81.8 Å². The molecule has 1 aromatic heterocycles. The average molecular weight is 462 g/mol. The number of methoxy groups -OCH3 is 2. The van der Waals surface area contributed by atoms with Gasteiger partial charge in [-0.05, 0) is 18.1 Å². The molecule has 0 radical (unpaired) electrons. The van der Waals surface area contributed by atoms with Gasteiger partial charge in [-0.1, -0.05) is 13.8 Å². The molecule has 0 saturated heterocycles. The Bertz CT molecular complexity index is 688. The van der Waals surface area contributed by atoms with E-state index in [0.717, 1.165) is 16.4 Å². The number of thiazole rings is 1. The van der Waals surface area contributed by atoms with Gasteiger partial charge in [-0.3, -0.25) is 0 Å². The zero-order valence-electron chi connectivity index (χ0n) is 14.2. The Morgan fingerprint density at radius 1 is 1.29 bits per heavy atom. The van der Waals surface area contributed by atoms with Gasteiger partial charge in [0.2, 0.25) is 0 Å². The highest BCUT2D eigenvalue weighted by Gasteiger charge is 2.07. The van der Waals surface area contributed by atoms with Crippen molar-refractivity contribution in [2.24, 2.45) is 10.7 Å². The summed E-state index contributed by atoms with van der Waals surface area (Å²) in [6.07, 6.45) is 0. The van der Waals surface area contributed by atoms with Gasteiger partial charge in [0.05, 0.1) is 26.5 Å². The summed E-state index contributed by atoms with van der Waals surface area (Å²) in [6, 6.07) is 5.47. The number of anilines is 1. The quantitative estimate of drug-likeness (QED) is 0.388. The Balaban J connectivity index is 0.00000288. The van der Waals surface area contributed by atoms with Crippen molar-refractivity contribution in [2.45, 2.75) is 26.3 Å². The Kier molecular flexibility index (Phi) is 8.26. The summed E-state index contributed by atoms with van der Waals surface area (Å²) in [7, 11) is 3.19. The number of hydrogen-bond donors (Lipinski definition) is 2. The number of nitrogens with one attached hydrogen (secondary N) is 1. The third kappa shape index (κ3) is 5.52. The van der Waals surface area contributed by atoms with Crippen molar-refractivity contribution in [3.8, 4) is 11.5 Å². The molecule has 24 heavy (non-hydrogen) atoms. The minimum Gasteiger partial charge on any atom is -0.493 e. The van der Waals surface area contributed by atoms with Gasteiger partial charge in [0.1, 0.15) is 5.01 Å². The van der Waals surface area contributed by atoms with Crippen LogP contribution in [0.5, 0.6) is 11.5 Å². The Labute approximate surface area is 163 Å². The molecule has 0 saturated carbocycles. The maximum absolute atomic E-state index is 5.93. The lowest BCUT2D eigenvalue weighted by Crippen LogP contribution is -2.22. The van der Waals surface area contributed by atoms with Crippen LogP contribution in [-0.2, 0) is 6.54 Å². The van der Waals surface area contributed by atoms with Crippen molar-refractivity contribution in [3.63, 3.8) is 0 Å². The lowest BCUT2D eigenvalue weighted by molar-refractivity contribution is 0.355. The number of nitrogens with two attached hydrogens (primary N) is 1. The van der Waals surface area contributed by atoms with Crippen molar-refractivity contribution >= 4 is 47.0 Å². The van der Waals surface area contributed by atoms with E-state index in [9.17, 15) is 0 Å². The van der Waals surface area contributed by atoms with Crippen molar-refractivity contribution < 1.29 is 9.47 Å². The standard InChI is InChI=1S/C16H22N4O2S.HI/c1-10(2)12-9-23-15(20-12)8-18-16(17)19-11-5-6-13(21-3)14(7-11)22-4;/h5-7,9-10H,8H2,1-4H3,(H3,17,18,19);1H. The summed E-state index contributed by atoms with van der Waals surface area (Å²) in [5.74, 6) is 2.05. The van der Waals surface area contributed by atoms with Crippen molar-refractivity contribution in [2.75, 3.05) is 19.5 Å². The van der Waals surface area contributed by atoms with Gasteiger partial charge in [0.15, 0.2) is 17.5 Å². The van der Waals surface area contributed by atoms with Crippen molar-refractivity contribution in [3.05, 3.63) is 34.3 Å². The predicted octanol–water partition coefficient (Wildman–Crippen LogP) is 3.83. The molecule has 0 aliphatic heterocycles. The van der Waals surface area contributed by atoms with E-state index in [0.29, 0.717) is 29.9 Å². The molecule has 1 heterocycles. The number of halogens is 1. The molecule has 8 heteroatoms. The largest absolute Gasteiger partial charge is 0.493 e. The summed E-state index contributed by atoms with van der Waals surface area (Å²) in [4.78, 5) is 8.85. The van der Waals surface area contributed by atoms with Gasteiger partial charge in [-0.25, -0.2) is 9.98 Å². The molecule has 0 aliphatic rings. The third-order valence-corrected chi connectivity index (χ3v) is 4.05. The van der Waals surface area contributed by atoms with Crippen LogP contribution in [0.3, 0.4) is 0 Å². The molecular weight excluding hydrogens is 439 g/mol. The summed E-state index contributed by atoms with van der Waals surface area (Å²) in [6.45, 7) is 4.70. The number of guanidine groups is 1. The molecule has 0 aliphatic carbocycles. The maximum Gasteiger partial charge on any atom is 0.193 e. The van der Waals surface area contributed by atoms with E-state index in [4.69, 9.17) is 15.2 Å². The highest BCUT2D eigenvalue weighted by Crippen LogP contribution is 2.29. The average Bonchev–Trinajstić information content (AvgIpc) is 3.02. The first-order valence-electron chi connectivity index (χ1n) is 7.26. The van der Waals surface area contributed by atoms with Crippen LogP contribution in [0, 0.1) is 0 Å². The molecule has 0 bridgehead atoms. The zero-order chi connectivity index (χ0) is 16.8. The lowest BCUT2D eigenvalue weighted by atomic mass is 10.2. The normalized spacial score (nSPS) is 11.1. The van der Waals surface area contributed by atoms with Gasteiger partial charge in [0.25, 0.3) is 0 Å². The molecule has 2 aromatic rings. The molecule has 3 N–H and O–H groups in total. The van der Waals surface area contributed by atoms with Crippen LogP contribution in [0.2, 0.25) is 0 Å². The molecule has 6 nitrogen and oxygen atoms in total. The molecular formula is C16H23IN4O2S. The number of ether oxygens (including phenoxy) is 2. The number of aromatic nitrogens is 1.